The predicted octanol–water partition coefficient (Wildman–Crippen LogP) is 6.54. The maximum Gasteiger partial charge on any atom is 0.312 e. The summed E-state index contributed by atoms with van der Waals surface area (Å²) in [6.07, 6.45) is -2.00. The monoisotopic (exact) mass is 554 g/mol. The predicted molar refractivity (Wildman–Crippen MR) is 107 cm³/mol. The molecule has 0 saturated carbocycles. The molecule has 3 aromatic carbocycles. The van der Waals surface area contributed by atoms with Gasteiger partial charge in [0.25, 0.3) is 0 Å². The quantitative estimate of drug-likeness (QED) is 0.104. The molecule has 0 saturated heterocycles. The van der Waals surface area contributed by atoms with Gasteiger partial charge in [0, 0.05) is 6.42 Å². The molecule has 0 heterocycles. The highest BCUT2D eigenvalue weighted by atomic mass is 19.2. The van der Waals surface area contributed by atoms with E-state index >= 15 is 0 Å². The Hall–Kier alpha value is -4.10. The molecule has 0 aromatic heterocycles. The van der Waals surface area contributed by atoms with E-state index in [9.17, 15) is 53.5 Å². The van der Waals surface area contributed by atoms with Gasteiger partial charge in [0.1, 0.15) is 0 Å². The van der Waals surface area contributed by atoms with Crippen LogP contribution in [0, 0.1) is 58.2 Å². The van der Waals surface area contributed by atoms with Gasteiger partial charge in [0.15, 0.2) is 0 Å². The standard InChI is InChI=1S/C24H12F10O4/c25-13-15(27)19(31)23(20(32)16(13)28)37-11(35)7-6-10(9-4-2-1-3-5-9)8-12(36)38-24-21(33)17(29)14(26)18(30)22(24)34/h1-5,10H,6-8H2. The van der Waals surface area contributed by atoms with Gasteiger partial charge >= 0.3 is 11.9 Å². The summed E-state index contributed by atoms with van der Waals surface area (Å²) in [5, 5.41) is 0. The van der Waals surface area contributed by atoms with Gasteiger partial charge < -0.3 is 9.47 Å². The van der Waals surface area contributed by atoms with Crippen LogP contribution in [0.3, 0.4) is 0 Å². The molecular weight excluding hydrogens is 542 g/mol. The lowest BCUT2D eigenvalue weighted by molar-refractivity contribution is -0.137. The Kier molecular flexibility index (Phi) is 8.63. The maximum absolute atomic E-state index is 13.8. The normalized spacial score (nSPS) is 11.8. The Balaban J connectivity index is 1.78. The molecule has 1 atom stereocenters. The van der Waals surface area contributed by atoms with Crippen LogP contribution < -0.4 is 9.47 Å². The summed E-state index contributed by atoms with van der Waals surface area (Å²) >= 11 is 0. The number of esters is 2. The molecule has 3 aromatic rings. The molecule has 38 heavy (non-hydrogen) atoms. The van der Waals surface area contributed by atoms with Crippen LogP contribution in [0.25, 0.3) is 0 Å². The number of hydrogen-bond acceptors (Lipinski definition) is 4. The fraction of sp³-hybridized carbons (Fsp3) is 0.167. The van der Waals surface area contributed by atoms with Gasteiger partial charge in [0.2, 0.25) is 69.7 Å². The largest absolute Gasteiger partial charge is 0.420 e. The lowest BCUT2D eigenvalue weighted by Crippen LogP contribution is -2.18. The first-order valence-corrected chi connectivity index (χ1v) is 10.3. The SMILES string of the molecule is O=C(CCC(CC(=O)Oc1c(F)c(F)c(F)c(F)c1F)c1ccccc1)Oc1c(F)c(F)c(F)c(F)c1F. The fourth-order valence-corrected chi connectivity index (χ4v) is 3.27. The van der Waals surface area contributed by atoms with Gasteiger partial charge in [0.05, 0.1) is 6.42 Å². The van der Waals surface area contributed by atoms with Crippen LogP contribution in [-0.4, -0.2) is 11.9 Å². The average molecular weight is 554 g/mol. The first kappa shape index (κ1) is 28.5. The summed E-state index contributed by atoms with van der Waals surface area (Å²) in [5.74, 6) is -31.7. The van der Waals surface area contributed by atoms with Crippen molar-refractivity contribution < 1.29 is 63.0 Å². The highest BCUT2D eigenvalue weighted by Gasteiger charge is 2.31. The summed E-state index contributed by atoms with van der Waals surface area (Å²) in [4.78, 5) is 24.4. The van der Waals surface area contributed by atoms with E-state index in [1.165, 1.54) is 24.3 Å². The first-order chi connectivity index (χ1) is 17.8. The number of rotatable bonds is 8. The average Bonchev–Trinajstić information content (AvgIpc) is 2.91. The smallest absolute Gasteiger partial charge is 0.312 e. The zero-order chi connectivity index (χ0) is 28.3. The van der Waals surface area contributed by atoms with E-state index < -0.39 is 107 Å². The molecule has 0 N–H and O–H groups in total. The zero-order valence-electron chi connectivity index (χ0n) is 18.5. The Morgan fingerprint density at radius 2 is 0.921 bits per heavy atom. The van der Waals surface area contributed by atoms with Crippen molar-refractivity contribution in [2.24, 2.45) is 0 Å². The minimum atomic E-state index is -2.48. The van der Waals surface area contributed by atoms with Crippen LogP contribution in [0.5, 0.6) is 11.5 Å². The van der Waals surface area contributed by atoms with Crippen molar-refractivity contribution in [3.63, 3.8) is 0 Å². The van der Waals surface area contributed by atoms with Crippen molar-refractivity contribution in [3.05, 3.63) is 94.1 Å². The van der Waals surface area contributed by atoms with E-state index in [4.69, 9.17) is 0 Å². The summed E-state index contributed by atoms with van der Waals surface area (Å²) in [6.45, 7) is 0. The first-order valence-electron chi connectivity index (χ1n) is 10.3. The Labute approximate surface area is 206 Å². The third-order valence-corrected chi connectivity index (χ3v) is 5.15. The molecule has 1 unspecified atom stereocenters. The number of halogens is 10. The number of hydrogen-bond donors (Lipinski definition) is 0. The zero-order valence-corrected chi connectivity index (χ0v) is 18.5. The number of carbonyl (C=O) groups excluding carboxylic acids is 2. The second-order valence-electron chi connectivity index (χ2n) is 7.60. The van der Waals surface area contributed by atoms with Crippen molar-refractivity contribution in [1.29, 1.82) is 0 Å². The van der Waals surface area contributed by atoms with E-state index in [1.807, 2.05) is 0 Å². The minimum Gasteiger partial charge on any atom is -0.420 e. The van der Waals surface area contributed by atoms with Crippen LogP contribution in [0.15, 0.2) is 30.3 Å². The summed E-state index contributed by atoms with van der Waals surface area (Å²) in [5.41, 5.74) is 0.297. The lowest BCUT2D eigenvalue weighted by Gasteiger charge is -2.17. The highest BCUT2D eigenvalue weighted by Crippen LogP contribution is 2.33. The van der Waals surface area contributed by atoms with Gasteiger partial charge in [-0.2, -0.15) is 17.6 Å². The molecule has 0 fully saturated rings. The highest BCUT2D eigenvalue weighted by molar-refractivity contribution is 5.75. The van der Waals surface area contributed by atoms with Crippen molar-refractivity contribution in [3.8, 4) is 11.5 Å². The molecule has 0 spiro atoms. The molecule has 0 aliphatic rings. The molecule has 0 aliphatic carbocycles. The van der Waals surface area contributed by atoms with Crippen molar-refractivity contribution >= 4 is 11.9 Å². The molecule has 4 nitrogen and oxygen atoms in total. The number of benzene rings is 3. The third-order valence-electron chi connectivity index (χ3n) is 5.15. The van der Waals surface area contributed by atoms with E-state index in [-0.39, 0.29) is 0 Å². The second-order valence-corrected chi connectivity index (χ2v) is 7.60. The van der Waals surface area contributed by atoms with Crippen LogP contribution in [0.4, 0.5) is 43.9 Å². The van der Waals surface area contributed by atoms with E-state index in [1.54, 1.807) is 6.07 Å². The van der Waals surface area contributed by atoms with Gasteiger partial charge in [-0.1, -0.05) is 30.3 Å². The molecule has 0 amide bonds. The summed E-state index contributed by atoms with van der Waals surface area (Å²) in [7, 11) is 0. The Bertz CT molecular complexity index is 1340. The number of carbonyl (C=O) groups is 2. The van der Waals surface area contributed by atoms with Gasteiger partial charge in [-0.3, -0.25) is 9.59 Å². The van der Waals surface area contributed by atoms with E-state index in [0.717, 1.165) is 0 Å². The molecule has 0 aliphatic heterocycles. The van der Waals surface area contributed by atoms with Gasteiger partial charge in [-0.25, -0.2) is 26.3 Å². The molecule has 3 rings (SSSR count). The third kappa shape index (κ3) is 5.73. The van der Waals surface area contributed by atoms with Crippen molar-refractivity contribution in [2.75, 3.05) is 0 Å². The molecule has 14 heteroatoms. The van der Waals surface area contributed by atoms with E-state index in [0.29, 0.717) is 5.56 Å². The van der Waals surface area contributed by atoms with Crippen LogP contribution in [0.2, 0.25) is 0 Å². The fourth-order valence-electron chi connectivity index (χ4n) is 3.27. The van der Waals surface area contributed by atoms with Crippen LogP contribution in [0.1, 0.15) is 30.7 Å². The van der Waals surface area contributed by atoms with Gasteiger partial charge in [-0.15, -0.1) is 0 Å². The Morgan fingerprint density at radius 3 is 1.34 bits per heavy atom. The van der Waals surface area contributed by atoms with E-state index in [2.05, 4.69) is 9.47 Å². The maximum atomic E-state index is 13.8. The lowest BCUT2D eigenvalue weighted by atomic mass is 9.91. The topological polar surface area (TPSA) is 52.6 Å². The second kappa shape index (κ2) is 11.5. The van der Waals surface area contributed by atoms with Crippen LogP contribution >= 0.6 is 0 Å². The minimum absolute atomic E-state index is 0.297. The molecule has 202 valence electrons. The molecule has 0 radical (unpaired) electrons. The van der Waals surface area contributed by atoms with Crippen LogP contribution in [-0.2, 0) is 9.59 Å². The molecule has 0 bridgehead atoms. The summed E-state index contributed by atoms with van der Waals surface area (Å²) in [6, 6.07) is 7.35. The number of ether oxygens (including phenoxy) is 2. The summed E-state index contributed by atoms with van der Waals surface area (Å²) < 4.78 is 144. The van der Waals surface area contributed by atoms with Gasteiger partial charge in [-0.05, 0) is 17.9 Å². The van der Waals surface area contributed by atoms with Crippen molar-refractivity contribution in [2.45, 2.75) is 25.2 Å². The Morgan fingerprint density at radius 1 is 0.553 bits per heavy atom. The van der Waals surface area contributed by atoms with Crippen molar-refractivity contribution in [1.82, 2.24) is 0 Å². The molecular formula is C24H12F10O4.